The molecule has 0 aliphatic heterocycles. The van der Waals surface area contributed by atoms with Gasteiger partial charge in [0.15, 0.2) is 5.82 Å². The predicted molar refractivity (Wildman–Crippen MR) is 99.6 cm³/mol. The first-order valence-electron chi connectivity index (χ1n) is 7.24. The maximum absolute atomic E-state index is 9.32. The number of benzene rings is 2. The van der Waals surface area contributed by atoms with E-state index in [1.165, 1.54) is 5.56 Å². The van der Waals surface area contributed by atoms with Gasteiger partial charge in [0.25, 0.3) is 0 Å². The summed E-state index contributed by atoms with van der Waals surface area (Å²) in [5, 5.41) is 22.8. The van der Waals surface area contributed by atoms with Crippen LogP contribution < -0.4 is 0 Å². The second kappa shape index (κ2) is 7.63. The summed E-state index contributed by atoms with van der Waals surface area (Å²) in [6.45, 7) is 1.87. The molecule has 0 saturated carbocycles. The Kier molecular flexibility index (Phi) is 5.32. The molecule has 0 bridgehead atoms. The summed E-state index contributed by atoms with van der Waals surface area (Å²) in [5.41, 5.74) is 2.10. The highest BCUT2D eigenvalue weighted by molar-refractivity contribution is 9.10. The Morgan fingerprint density at radius 1 is 1.12 bits per heavy atom. The number of rotatable bonds is 5. The second-order valence-corrected chi connectivity index (χ2v) is 6.95. The van der Waals surface area contributed by atoms with Gasteiger partial charge >= 0.3 is 0 Å². The predicted octanol–water partition coefficient (Wildman–Crippen LogP) is 4.23. The molecule has 5 nitrogen and oxygen atoms in total. The molecular weight excluding hydrogens is 388 g/mol. The van der Waals surface area contributed by atoms with E-state index in [0.29, 0.717) is 0 Å². The van der Waals surface area contributed by atoms with Gasteiger partial charge in [-0.15, -0.1) is 10.2 Å². The van der Waals surface area contributed by atoms with Gasteiger partial charge in [-0.1, -0.05) is 39.8 Å². The fourth-order valence-corrected chi connectivity index (χ4v) is 3.13. The summed E-state index contributed by atoms with van der Waals surface area (Å²) in [4.78, 5) is 0. The van der Waals surface area contributed by atoms with E-state index in [4.69, 9.17) is 0 Å². The van der Waals surface area contributed by atoms with Crippen LogP contribution in [0.3, 0.4) is 0 Å². The molecule has 3 aromatic rings. The van der Waals surface area contributed by atoms with Gasteiger partial charge in [0.2, 0.25) is 5.16 Å². The molecule has 0 fully saturated rings. The molecule has 1 N–H and O–H groups in total. The number of aromatic hydroxyl groups is 1. The molecule has 2 aromatic carbocycles. The van der Waals surface area contributed by atoms with Crippen molar-refractivity contribution < 1.29 is 5.11 Å². The number of aryl methyl sites for hydroxylation is 1. The molecule has 0 aliphatic rings. The van der Waals surface area contributed by atoms with Gasteiger partial charge in [-0.25, -0.2) is 0 Å². The SMILES string of the molecule is Cc1nnc(SCc2ccc(Br)cc2)n1/N=C/c1ccc(O)cc1. The van der Waals surface area contributed by atoms with E-state index in [2.05, 4.69) is 43.4 Å². The van der Waals surface area contributed by atoms with Crippen molar-refractivity contribution in [3.63, 3.8) is 0 Å². The van der Waals surface area contributed by atoms with Gasteiger partial charge in [0, 0.05) is 10.2 Å². The number of nitrogens with zero attached hydrogens (tertiary/aromatic N) is 4. The average molecular weight is 403 g/mol. The Morgan fingerprint density at radius 3 is 2.54 bits per heavy atom. The van der Waals surface area contributed by atoms with Crippen molar-refractivity contribution in [3.05, 3.63) is 70.0 Å². The fraction of sp³-hybridized carbons (Fsp3) is 0.118. The van der Waals surface area contributed by atoms with Gasteiger partial charge in [-0.2, -0.15) is 9.78 Å². The molecule has 0 unspecified atom stereocenters. The average Bonchev–Trinajstić information content (AvgIpc) is 2.94. The number of phenols is 1. The lowest BCUT2D eigenvalue weighted by Crippen LogP contribution is -1.96. The Hall–Kier alpha value is -2.12. The van der Waals surface area contributed by atoms with E-state index in [-0.39, 0.29) is 5.75 Å². The van der Waals surface area contributed by atoms with Gasteiger partial charge in [0.1, 0.15) is 5.75 Å². The first-order chi connectivity index (χ1) is 11.6. The Morgan fingerprint density at radius 2 is 1.83 bits per heavy atom. The zero-order chi connectivity index (χ0) is 16.9. The van der Waals surface area contributed by atoms with Crippen molar-refractivity contribution in [1.29, 1.82) is 0 Å². The summed E-state index contributed by atoms with van der Waals surface area (Å²) >= 11 is 5.02. The van der Waals surface area contributed by atoms with E-state index in [0.717, 1.165) is 26.8 Å². The molecule has 3 rings (SSSR count). The van der Waals surface area contributed by atoms with Crippen molar-refractivity contribution in [2.45, 2.75) is 17.8 Å². The van der Waals surface area contributed by atoms with E-state index in [1.54, 1.807) is 46.9 Å². The number of hydrogen-bond acceptors (Lipinski definition) is 5. The molecule has 0 aliphatic carbocycles. The Bertz CT molecular complexity index is 844. The molecule has 0 saturated heterocycles. The van der Waals surface area contributed by atoms with Gasteiger partial charge in [0.05, 0.1) is 6.21 Å². The topological polar surface area (TPSA) is 63.3 Å². The van der Waals surface area contributed by atoms with Gasteiger partial charge in [-0.3, -0.25) is 0 Å². The van der Waals surface area contributed by atoms with E-state index in [1.807, 2.05) is 19.1 Å². The van der Waals surface area contributed by atoms with Crippen molar-refractivity contribution in [1.82, 2.24) is 14.9 Å². The highest BCUT2D eigenvalue weighted by Gasteiger charge is 2.08. The maximum Gasteiger partial charge on any atom is 0.212 e. The second-order valence-electron chi connectivity index (χ2n) is 5.09. The largest absolute Gasteiger partial charge is 0.508 e. The Labute approximate surface area is 152 Å². The molecule has 1 aromatic heterocycles. The monoisotopic (exact) mass is 402 g/mol. The van der Waals surface area contributed by atoms with E-state index < -0.39 is 0 Å². The minimum absolute atomic E-state index is 0.235. The van der Waals surface area contributed by atoms with Gasteiger partial charge in [-0.05, 0) is 54.4 Å². The van der Waals surface area contributed by atoms with Crippen LogP contribution in [0.25, 0.3) is 0 Å². The van der Waals surface area contributed by atoms with Crippen LogP contribution in [-0.4, -0.2) is 26.2 Å². The van der Waals surface area contributed by atoms with Crippen LogP contribution in [0.4, 0.5) is 0 Å². The van der Waals surface area contributed by atoms with Crippen LogP contribution in [0.1, 0.15) is 17.0 Å². The molecule has 24 heavy (non-hydrogen) atoms. The molecule has 0 atom stereocenters. The summed E-state index contributed by atoms with van der Waals surface area (Å²) in [7, 11) is 0. The van der Waals surface area contributed by atoms with Crippen LogP contribution in [-0.2, 0) is 5.75 Å². The molecule has 122 valence electrons. The van der Waals surface area contributed by atoms with Gasteiger partial charge < -0.3 is 5.11 Å². The number of halogens is 1. The first kappa shape index (κ1) is 16.7. The lowest BCUT2D eigenvalue weighted by atomic mass is 10.2. The zero-order valence-electron chi connectivity index (χ0n) is 12.9. The van der Waals surface area contributed by atoms with Crippen molar-refractivity contribution in [2.75, 3.05) is 0 Å². The van der Waals surface area contributed by atoms with Crippen molar-refractivity contribution >= 4 is 33.9 Å². The van der Waals surface area contributed by atoms with Crippen LogP contribution in [0, 0.1) is 6.92 Å². The molecule has 0 radical (unpaired) electrons. The molecule has 1 heterocycles. The van der Waals surface area contributed by atoms with E-state index in [9.17, 15) is 5.11 Å². The number of phenolic OH excluding ortho intramolecular Hbond substituents is 1. The summed E-state index contributed by atoms with van der Waals surface area (Å²) < 4.78 is 2.78. The van der Waals surface area contributed by atoms with Crippen LogP contribution in [0.5, 0.6) is 5.75 Å². The third kappa shape index (κ3) is 4.24. The van der Waals surface area contributed by atoms with E-state index >= 15 is 0 Å². The lowest BCUT2D eigenvalue weighted by molar-refractivity contribution is 0.475. The number of thioether (sulfide) groups is 1. The molecule has 0 spiro atoms. The highest BCUT2D eigenvalue weighted by Crippen LogP contribution is 2.23. The number of hydrogen-bond donors (Lipinski definition) is 1. The third-order valence-corrected chi connectivity index (χ3v) is 4.78. The maximum atomic E-state index is 9.32. The van der Waals surface area contributed by atoms with Crippen LogP contribution in [0.2, 0.25) is 0 Å². The van der Waals surface area contributed by atoms with Crippen molar-refractivity contribution in [3.8, 4) is 5.75 Å². The minimum Gasteiger partial charge on any atom is -0.508 e. The number of aromatic nitrogens is 3. The van der Waals surface area contributed by atoms with Crippen molar-refractivity contribution in [2.24, 2.45) is 5.10 Å². The Balaban J connectivity index is 1.73. The fourth-order valence-electron chi connectivity index (χ4n) is 1.97. The standard InChI is InChI=1S/C17H15BrN4OS/c1-12-20-21-17(24-11-14-2-6-15(18)7-3-14)22(12)19-10-13-4-8-16(23)9-5-13/h2-10,23H,11H2,1H3/b19-10+. The quantitative estimate of drug-likeness (QED) is 0.512. The third-order valence-electron chi connectivity index (χ3n) is 3.26. The first-order valence-corrected chi connectivity index (χ1v) is 9.02. The zero-order valence-corrected chi connectivity index (χ0v) is 15.3. The molecule has 7 heteroatoms. The summed E-state index contributed by atoms with van der Waals surface area (Å²) in [5.74, 6) is 1.75. The van der Waals surface area contributed by atoms with Crippen LogP contribution >= 0.6 is 27.7 Å². The summed E-state index contributed by atoms with van der Waals surface area (Å²) in [6.07, 6.45) is 1.72. The molecular formula is C17H15BrN4OS. The minimum atomic E-state index is 0.235. The highest BCUT2D eigenvalue weighted by atomic mass is 79.9. The lowest BCUT2D eigenvalue weighted by Gasteiger charge is -2.03. The van der Waals surface area contributed by atoms with Crippen LogP contribution in [0.15, 0.2) is 63.3 Å². The normalized spacial score (nSPS) is 11.2. The molecule has 0 amide bonds. The summed E-state index contributed by atoms with van der Waals surface area (Å²) in [6, 6.07) is 15.0. The smallest absolute Gasteiger partial charge is 0.212 e.